The monoisotopic (exact) mass is 243 g/mol. The number of benzene rings is 1. The van der Waals surface area contributed by atoms with Gasteiger partial charge in [-0.1, -0.05) is 31.4 Å². The van der Waals surface area contributed by atoms with Crippen molar-refractivity contribution in [1.82, 2.24) is 0 Å². The average molecular weight is 243 g/mol. The molecule has 0 saturated heterocycles. The average Bonchev–Trinajstić information content (AvgIpc) is 2.41. The van der Waals surface area contributed by atoms with Crippen LogP contribution in [0.2, 0.25) is 0 Å². The normalized spacial score (nSPS) is 18.1. The Morgan fingerprint density at radius 3 is 2.61 bits per heavy atom. The molecule has 0 radical (unpaired) electrons. The molecule has 1 fully saturated rings. The predicted octanol–water partition coefficient (Wildman–Crippen LogP) is 4.16. The molecule has 0 N–H and O–H groups in total. The first-order valence-electron chi connectivity index (χ1n) is 6.77. The minimum absolute atomic E-state index is 0.256. The molecule has 96 valence electrons. The Balaban J connectivity index is 2.06. The zero-order valence-corrected chi connectivity index (χ0v) is 11.3. The lowest BCUT2D eigenvalue weighted by Gasteiger charge is -2.30. The van der Waals surface area contributed by atoms with Crippen molar-refractivity contribution >= 4 is 0 Å². The lowest BCUT2D eigenvalue weighted by molar-refractivity contribution is 0.150. The van der Waals surface area contributed by atoms with Crippen LogP contribution in [0.4, 0.5) is 0 Å². The first kappa shape index (κ1) is 13.0. The number of nitriles is 1. The lowest BCUT2D eigenvalue weighted by atomic mass is 9.76. The summed E-state index contributed by atoms with van der Waals surface area (Å²) in [5.74, 6) is 0.926. The number of nitrogens with zero attached hydrogens (tertiary/aromatic N) is 1. The van der Waals surface area contributed by atoms with Gasteiger partial charge in [0.1, 0.15) is 12.4 Å². The molecule has 1 aliphatic rings. The SMILES string of the molecule is Cc1cccc(OCC2(C#N)CCCCC2)c1C. The van der Waals surface area contributed by atoms with Gasteiger partial charge in [-0.3, -0.25) is 0 Å². The summed E-state index contributed by atoms with van der Waals surface area (Å²) < 4.78 is 5.93. The third kappa shape index (κ3) is 2.67. The van der Waals surface area contributed by atoms with Crippen LogP contribution in [0.3, 0.4) is 0 Å². The molecule has 2 nitrogen and oxygen atoms in total. The van der Waals surface area contributed by atoms with Gasteiger partial charge in [0.05, 0.1) is 11.5 Å². The number of hydrogen-bond acceptors (Lipinski definition) is 2. The van der Waals surface area contributed by atoms with Crippen LogP contribution in [0, 0.1) is 30.6 Å². The summed E-state index contributed by atoms with van der Waals surface area (Å²) in [6.07, 6.45) is 5.53. The third-order valence-electron chi connectivity index (χ3n) is 4.11. The minimum Gasteiger partial charge on any atom is -0.492 e. The predicted molar refractivity (Wildman–Crippen MR) is 72.5 cm³/mol. The van der Waals surface area contributed by atoms with Crippen LogP contribution in [-0.4, -0.2) is 6.61 Å². The Kier molecular flexibility index (Phi) is 3.91. The Labute approximate surface area is 110 Å². The van der Waals surface area contributed by atoms with Gasteiger partial charge < -0.3 is 4.74 Å². The van der Waals surface area contributed by atoms with E-state index < -0.39 is 0 Å². The molecule has 0 bridgehead atoms. The van der Waals surface area contributed by atoms with Crippen LogP contribution in [-0.2, 0) is 0 Å². The molecule has 0 unspecified atom stereocenters. The maximum atomic E-state index is 9.41. The van der Waals surface area contributed by atoms with Crippen molar-refractivity contribution < 1.29 is 4.74 Å². The van der Waals surface area contributed by atoms with Gasteiger partial charge in [-0.05, 0) is 43.9 Å². The molecule has 18 heavy (non-hydrogen) atoms. The Hall–Kier alpha value is -1.49. The first-order chi connectivity index (χ1) is 8.67. The van der Waals surface area contributed by atoms with Crippen molar-refractivity contribution in [2.24, 2.45) is 5.41 Å². The second-order valence-corrected chi connectivity index (χ2v) is 5.44. The highest BCUT2D eigenvalue weighted by Gasteiger charge is 2.33. The van der Waals surface area contributed by atoms with E-state index >= 15 is 0 Å². The van der Waals surface area contributed by atoms with Crippen LogP contribution in [0.1, 0.15) is 43.2 Å². The van der Waals surface area contributed by atoms with Crippen LogP contribution in [0.15, 0.2) is 18.2 Å². The molecule has 1 aliphatic carbocycles. The van der Waals surface area contributed by atoms with Crippen LogP contribution in [0.5, 0.6) is 5.75 Å². The van der Waals surface area contributed by atoms with Gasteiger partial charge in [0.2, 0.25) is 0 Å². The van der Waals surface area contributed by atoms with E-state index in [1.807, 2.05) is 12.1 Å². The van der Waals surface area contributed by atoms with Gasteiger partial charge in [-0.15, -0.1) is 0 Å². The van der Waals surface area contributed by atoms with Crippen molar-refractivity contribution in [2.75, 3.05) is 6.61 Å². The summed E-state index contributed by atoms with van der Waals surface area (Å²) in [7, 11) is 0. The standard InChI is InChI=1S/C16H21NO/c1-13-7-6-8-15(14(13)2)18-12-16(11-17)9-4-3-5-10-16/h6-8H,3-5,9-10,12H2,1-2H3. The molecule has 1 aromatic carbocycles. The molecule has 0 atom stereocenters. The van der Waals surface area contributed by atoms with E-state index in [1.54, 1.807) is 0 Å². The van der Waals surface area contributed by atoms with Gasteiger partial charge in [0, 0.05) is 0 Å². The zero-order chi connectivity index (χ0) is 13.0. The Morgan fingerprint density at radius 1 is 1.22 bits per heavy atom. The molecule has 1 aromatic rings. The van der Waals surface area contributed by atoms with E-state index in [1.165, 1.54) is 17.5 Å². The Morgan fingerprint density at radius 2 is 1.94 bits per heavy atom. The molecular formula is C16H21NO. The van der Waals surface area contributed by atoms with E-state index in [0.717, 1.165) is 31.4 Å². The van der Waals surface area contributed by atoms with Crippen LogP contribution < -0.4 is 4.74 Å². The number of hydrogen-bond donors (Lipinski definition) is 0. The highest BCUT2D eigenvalue weighted by Crippen LogP contribution is 2.36. The molecule has 0 spiro atoms. The summed E-state index contributed by atoms with van der Waals surface area (Å²) in [6, 6.07) is 8.59. The molecule has 0 amide bonds. The largest absolute Gasteiger partial charge is 0.492 e. The molecule has 2 heteroatoms. The van der Waals surface area contributed by atoms with E-state index in [0.29, 0.717) is 6.61 Å². The summed E-state index contributed by atoms with van der Waals surface area (Å²) in [5, 5.41) is 9.41. The van der Waals surface area contributed by atoms with Gasteiger partial charge in [0.25, 0.3) is 0 Å². The maximum absolute atomic E-state index is 9.41. The van der Waals surface area contributed by atoms with E-state index in [-0.39, 0.29) is 5.41 Å². The van der Waals surface area contributed by atoms with Crippen LogP contribution >= 0.6 is 0 Å². The quantitative estimate of drug-likeness (QED) is 0.798. The topological polar surface area (TPSA) is 33.0 Å². The van der Waals surface area contributed by atoms with E-state index in [2.05, 4.69) is 26.0 Å². The van der Waals surface area contributed by atoms with Gasteiger partial charge in [-0.2, -0.15) is 5.26 Å². The molecule has 2 rings (SSSR count). The lowest BCUT2D eigenvalue weighted by Crippen LogP contribution is -2.29. The molecule has 0 heterocycles. The van der Waals surface area contributed by atoms with E-state index in [4.69, 9.17) is 4.74 Å². The molecule has 1 saturated carbocycles. The Bertz CT molecular complexity index is 453. The van der Waals surface area contributed by atoms with Gasteiger partial charge in [0.15, 0.2) is 0 Å². The first-order valence-corrected chi connectivity index (χ1v) is 6.77. The minimum atomic E-state index is -0.256. The smallest absolute Gasteiger partial charge is 0.122 e. The zero-order valence-electron chi connectivity index (χ0n) is 11.3. The summed E-state index contributed by atoms with van der Waals surface area (Å²) >= 11 is 0. The molecular weight excluding hydrogens is 222 g/mol. The summed E-state index contributed by atoms with van der Waals surface area (Å²) in [6.45, 7) is 4.70. The number of rotatable bonds is 3. The van der Waals surface area contributed by atoms with Gasteiger partial charge in [-0.25, -0.2) is 0 Å². The second kappa shape index (κ2) is 5.44. The highest BCUT2D eigenvalue weighted by molar-refractivity contribution is 5.38. The molecule has 0 aliphatic heterocycles. The van der Waals surface area contributed by atoms with Gasteiger partial charge >= 0.3 is 0 Å². The van der Waals surface area contributed by atoms with Crippen molar-refractivity contribution in [3.05, 3.63) is 29.3 Å². The highest BCUT2D eigenvalue weighted by atomic mass is 16.5. The van der Waals surface area contributed by atoms with Crippen molar-refractivity contribution in [3.63, 3.8) is 0 Å². The fourth-order valence-corrected chi connectivity index (χ4v) is 2.61. The third-order valence-corrected chi connectivity index (χ3v) is 4.11. The van der Waals surface area contributed by atoms with Crippen LogP contribution in [0.25, 0.3) is 0 Å². The van der Waals surface area contributed by atoms with Crippen molar-refractivity contribution in [2.45, 2.75) is 46.0 Å². The molecule has 0 aromatic heterocycles. The van der Waals surface area contributed by atoms with Crippen molar-refractivity contribution in [3.8, 4) is 11.8 Å². The van der Waals surface area contributed by atoms with Crippen molar-refractivity contribution in [1.29, 1.82) is 5.26 Å². The summed E-state index contributed by atoms with van der Waals surface area (Å²) in [4.78, 5) is 0. The maximum Gasteiger partial charge on any atom is 0.122 e. The second-order valence-electron chi connectivity index (χ2n) is 5.44. The van der Waals surface area contributed by atoms with E-state index in [9.17, 15) is 5.26 Å². The summed E-state index contributed by atoms with van der Waals surface area (Å²) in [5.41, 5.74) is 2.16. The fraction of sp³-hybridized carbons (Fsp3) is 0.562. The number of aryl methyl sites for hydroxylation is 1. The number of ether oxygens (including phenoxy) is 1. The fourth-order valence-electron chi connectivity index (χ4n) is 2.61.